The predicted octanol–water partition coefficient (Wildman–Crippen LogP) is 2.92. The highest BCUT2D eigenvalue weighted by molar-refractivity contribution is 7.09. The Labute approximate surface area is 147 Å². The number of halogens is 2. The highest BCUT2D eigenvalue weighted by Gasteiger charge is 2.10. The predicted molar refractivity (Wildman–Crippen MR) is 96.7 cm³/mol. The molecule has 0 saturated heterocycles. The maximum absolute atomic E-state index is 11.9. The summed E-state index contributed by atoms with van der Waals surface area (Å²) in [4.78, 5) is 16.3. The summed E-state index contributed by atoms with van der Waals surface area (Å²) >= 11 is 1.53. The zero-order valence-electron chi connectivity index (χ0n) is 12.4. The van der Waals surface area contributed by atoms with Gasteiger partial charge in [-0.2, -0.15) is 0 Å². The molecule has 122 valence electrons. The van der Waals surface area contributed by atoms with Crippen molar-refractivity contribution in [3.05, 3.63) is 52.0 Å². The summed E-state index contributed by atoms with van der Waals surface area (Å²) in [6.07, 6.45) is 1.70. The number of hydrogen-bond donors (Lipinski definition) is 2. The molecule has 22 heavy (non-hydrogen) atoms. The quantitative estimate of drug-likeness (QED) is 0.745. The molecule has 0 saturated carbocycles. The number of carbonyl (C=O) groups excluding carboxylic acids is 1. The second kappa shape index (κ2) is 11.4. The molecule has 0 bridgehead atoms. The minimum absolute atomic E-state index is 0. The van der Waals surface area contributed by atoms with Gasteiger partial charge in [-0.05, 0) is 25.6 Å². The molecule has 0 fully saturated rings. The smallest absolute Gasteiger partial charge is 0.270 e. The zero-order chi connectivity index (χ0) is 14.2. The van der Waals surface area contributed by atoms with Crippen LogP contribution >= 0.6 is 36.2 Å². The van der Waals surface area contributed by atoms with Crippen molar-refractivity contribution >= 4 is 42.1 Å². The van der Waals surface area contributed by atoms with Crippen molar-refractivity contribution < 1.29 is 4.79 Å². The van der Waals surface area contributed by atoms with E-state index in [0.29, 0.717) is 12.2 Å². The van der Waals surface area contributed by atoms with E-state index in [9.17, 15) is 4.79 Å². The van der Waals surface area contributed by atoms with Crippen LogP contribution in [0.15, 0.2) is 35.7 Å². The van der Waals surface area contributed by atoms with E-state index in [1.165, 1.54) is 16.9 Å². The molecule has 1 aromatic carbocycles. The Kier molecular flexibility index (Phi) is 10.8. The average molecular weight is 362 g/mol. The van der Waals surface area contributed by atoms with Crippen molar-refractivity contribution in [2.24, 2.45) is 0 Å². The van der Waals surface area contributed by atoms with Crippen LogP contribution in [0.1, 0.15) is 27.5 Å². The number of rotatable bonds is 7. The van der Waals surface area contributed by atoms with Crippen molar-refractivity contribution in [1.29, 1.82) is 0 Å². The number of nitrogens with one attached hydrogen (secondary N) is 2. The molecule has 0 atom stereocenters. The zero-order valence-corrected chi connectivity index (χ0v) is 14.8. The van der Waals surface area contributed by atoms with E-state index in [1.807, 2.05) is 30.6 Å². The van der Waals surface area contributed by atoms with Gasteiger partial charge in [-0.1, -0.05) is 30.3 Å². The fraction of sp³-hybridized carbons (Fsp3) is 0.333. The number of aromatic nitrogens is 1. The summed E-state index contributed by atoms with van der Waals surface area (Å²) in [7, 11) is 1.90. The van der Waals surface area contributed by atoms with Gasteiger partial charge in [0.2, 0.25) is 0 Å². The summed E-state index contributed by atoms with van der Waals surface area (Å²) in [5.41, 5.74) is 1.73. The largest absolute Gasteiger partial charge is 0.351 e. The van der Waals surface area contributed by atoms with Crippen molar-refractivity contribution in [3.63, 3.8) is 0 Å². The fourth-order valence-corrected chi connectivity index (χ4v) is 2.63. The van der Waals surface area contributed by atoms with Crippen molar-refractivity contribution in [2.75, 3.05) is 20.1 Å². The van der Waals surface area contributed by atoms with Gasteiger partial charge >= 0.3 is 0 Å². The second-order valence-corrected chi connectivity index (χ2v) is 5.44. The lowest BCUT2D eigenvalue weighted by molar-refractivity contribution is 0.0949. The number of nitrogens with zero attached hydrogens (tertiary/aromatic N) is 1. The molecule has 1 aromatic heterocycles. The SMILES string of the molecule is CNCCCNC(=O)c1csc(Cc2ccccc2)n1.Cl.Cl. The van der Waals surface area contributed by atoms with Gasteiger partial charge in [-0.15, -0.1) is 36.2 Å². The first-order chi connectivity index (χ1) is 9.79. The van der Waals surface area contributed by atoms with Gasteiger partial charge in [-0.3, -0.25) is 4.79 Å². The summed E-state index contributed by atoms with van der Waals surface area (Å²) < 4.78 is 0. The Balaban J connectivity index is 0.00000220. The molecule has 4 nitrogen and oxygen atoms in total. The lowest BCUT2D eigenvalue weighted by atomic mass is 10.2. The summed E-state index contributed by atoms with van der Waals surface area (Å²) in [6.45, 7) is 1.57. The van der Waals surface area contributed by atoms with Crippen LogP contribution in [0.5, 0.6) is 0 Å². The van der Waals surface area contributed by atoms with E-state index < -0.39 is 0 Å². The Morgan fingerprint density at radius 1 is 1.18 bits per heavy atom. The fourth-order valence-electron chi connectivity index (χ4n) is 1.82. The maximum Gasteiger partial charge on any atom is 0.270 e. The van der Waals surface area contributed by atoms with Crippen LogP contribution < -0.4 is 10.6 Å². The van der Waals surface area contributed by atoms with Gasteiger partial charge in [0.15, 0.2) is 0 Å². The summed E-state index contributed by atoms with van der Waals surface area (Å²) in [5, 5.41) is 8.72. The first-order valence-corrected chi connectivity index (χ1v) is 7.58. The number of carbonyl (C=O) groups is 1. The van der Waals surface area contributed by atoms with E-state index in [1.54, 1.807) is 0 Å². The highest BCUT2D eigenvalue weighted by atomic mass is 35.5. The third kappa shape index (κ3) is 6.75. The van der Waals surface area contributed by atoms with Crippen LogP contribution in [0.2, 0.25) is 0 Å². The van der Waals surface area contributed by atoms with E-state index in [0.717, 1.165) is 24.4 Å². The van der Waals surface area contributed by atoms with Gasteiger partial charge in [-0.25, -0.2) is 4.98 Å². The first kappa shape index (κ1) is 20.9. The molecule has 2 rings (SSSR count). The van der Waals surface area contributed by atoms with Gasteiger partial charge in [0.05, 0.1) is 5.01 Å². The summed E-state index contributed by atoms with van der Waals surface area (Å²) in [5.74, 6) is -0.0864. The van der Waals surface area contributed by atoms with Crippen LogP contribution in [0.4, 0.5) is 0 Å². The third-order valence-corrected chi connectivity index (χ3v) is 3.72. The van der Waals surface area contributed by atoms with Crippen LogP contribution in [-0.4, -0.2) is 31.0 Å². The average Bonchev–Trinajstić information content (AvgIpc) is 2.93. The van der Waals surface area contributed by atoms with E-state index in [4.69, 9.17) is 0 Å². The normalized spacial score (nSPS) is 9.50. The van der Waals surface area contributed by atoms with Gasteiger partial charge < -0.3 is 10.6 Å². The molecule has 0 aliphatic heterocycles. The van der Waals surface area contributed by atoms with Crippen LogP contribution in [-0.2, 0) is 6.42 Å². The topological polar surface area (TPSA) is 54.0 Å². The molecule has 2 aromatic rings. The molecule has 0 unspecified atom stereocenters. The Morgan fingerprint density at radius 3 is 2.59 bits per heavy atom. The van der Waals surface area contributed by atoms with Crippen LogP contribution in [0, 0.1) is 0 Å². The summed E-state index contributed by atoms with van der Waals surface area (Å²) in [6, 6.07) is 10.2. The van der Waals surface area contributed by atoms with Gasteiger partial charge in [0, 0.05) is 18.3 Å². The molecule has 7 heteroatoms. The Hall–Kier alpha value is -1.14. The minimum Gasteiger partial charge on any atom is -0.351 e. The monoisotopic (exact) mass is 361 g/mol. The molecular formula is C15H21Cl2N3OS. The molecule has 0 aliphatic carbocycles. The standard InChI is InChI=1S/C15H19N3OS.2ClH/c1-16-8-5-9-17-15(19)13-11-20-14(18-13)10-12-6-3-2-4-7-12;;/h2-4,6-7,11,16H,5,8-10H2,1H3,(H,17,19);2*1H. The lowest BCUT2D eigenvalue weighted by Crippen LogP contribution is -2.26. The van der Waals surface area contributed by atoms with Gasteiger partial charge in [0.1, 0.15) is 5.69 Å². The highest BCUT2D eigenvalue weighted by Crippen LogP contribution is 2.14. The molecule has 1 amide bonds. The van der Waals surface area contributed by atoms with Crippen molar-refractivity contribution in [1.82, 2.24) is 15.6 Å². The molecule has 2 N–H and O–H groups in total. The Morgan fingerprint density at radius 2 is 1.91 bits per heavy atom. The van der Waals surface area contributed by atoms with Crippen molar-refractivity contribution in [3.8, 4) is 0 Å². The number of benzene rings is 1. The lowest BCUT2D eigenvalue weighted by Gasteiger charge is -2.02. The molecule has 0 aliphatic rings. The Bertz CT molecular complexity index is 549. The number of amides is 1. The molecule has 0 spiro atoms. The third-order valence-electron chi connectivity index (χ3n) is 2.87. The van der Waals surface area contributed by atoms with Gasteiger partial charge in [0.25, 0.3) is 5.91 Å². The van der Waals surface area contributed by atoms with Crippen molar-refractivity contribution in [2.45, 2.75) is 12.8 Å². The van der Waals surface area contributed by atoms with Crippen LogP contribution in [0.3, 0.4) is 0 Å². The maximum atomic E-state index is 11.9. The first-order valence-electron chi connectivity index (χ1n) is 6.70. The number of thiazole rings is 1. The molecule has 0 radical (unpaired) electrons. The second-order valence-electron chi connectivity index (χ2n) is 4.50. The molecular weight excluding hydrogens is 341 g/mol. The van der Waals surface area contributed by atoms with E-state index >= 15 is 0 Å². The van der Waals surface area contributed by atoms with Crippen LogP contribution in [0.25, 0.3) is 0 Å². The molecule has 1 heterocycles. The van der Waals surface area contributed by atoms with E-state index in [-0.39, 0.29) is 30.7 Å². The van der Waals surface area contributed by atoms with E-state index in [2.05, 4.69) is 27.8 Å². The minimum atomic E-state index is -0.0864. The number of hydrogen-bond acceptors (Lipinski definition) is 4.